The molecule has 2 atom stereocenters. The lowest BCUT2D eigenvalue weighted by Crippen LogP contribution is -2.41. The minimum absolute atomic E-state index is 0.0259. The first-order chi connectivity index (χ1) is 17.7. The lowest BCUT2D eigenvalue weighted by atomic mass is 9.72. The van der Waals surface area contributed by atoms with E-state index in [1.807, 2.05) is 42.5 Å². The second kappa shape index (κ2) is 9.98. The number of allylic oxidation sites excluding steroid dienone is 2. The Hall–Kier alpha value is -3.70. The van der Waals surface area contributed by atoms with Crippen LogP contribution < -0.4 is 4.90 Å². The number of hydrogen-bond donors (Lipinski definition) is 1. The van der Waals surface area contributed by atoms with Crippen LogP contribution in [0.4, 0.5) is 5.69 Å². The first-order valence-corrected chi connectivity index (χ1v) is 12.9. The van der Waals surface area contributed by atoms with Crippen LogP contribution in [0.2, 0.25) is 5.02 Å². The lowest BCUT2D eigenvalue weighted by molar-refractivity contribution is -0.120. The minimum atomic E-state index is -1.17. The van der Waals surface area contributed by atoms with Gasteiger partial charge in [-0.1, -0.05) is 80.0 Å². The van der Waals surface area contributed by atoms with E-state index in [1.54, 1.807) is 11.0 Å². The molecule has 0 aromatic heterocycles. The van der Waals surface area contributed by atoms with Crippen molar-refractivity contribution in [1.29, 1.82) is 0 Å². The van der Waals surface area contributed by atoms with E-state index >= 15 is 0 Å². The molecule has 2 unspecified atom stereocenters. The molecule has 3 aromatic rings. The summed E-state index contributed by atoms with van der Waals surface area (Å²) in [7, 11) is 0. The average Bonchev–Trinajstić information content (AvgIpc) is 2.89. The highest BCUT2D eigenvalue weighted by Crippen LogP contribution is 2.47. The fourth-order valence-electron chi connectivity index (χ4n) is 5.51. The van der Waals surface area contributed by atoms with Crippen molar-refractivity contribution in [2.75, 3.05) is 4.90 Å². The summed E-state index contributed by atoms with van der Waals surface area (Å²) >= 11 is 6.12. The van der Waals surface area contributed by atoms with Gasteiger partial charge in [-0.25, -0.2) is 4.79 Å². The number of hydrogen-bond acceptors (Lipinski definition) is 3. The van der Waals surface area contributed by atoms with Gasteiger partial charge in [0.1, 0.15) is 0 Å². The van der Waals surface area contributed by atoms with Gasteiger partial charge in [-0.05, 0) is 53.1 Å². The molecule has 5 nitrogen and oxygen atoms in total. The molecule has 1 heterocycles. The van der Waals surface area contributed by atoms with Gasteiger partial charge >= 0.3 is 5.97 Å². The molecule has 0 saturated carbocycles. The molecule has 1 amide bonds. The highest BCUT2D eigenvalue weighted by molar-refractivity contribution is 6.33. The third kappa shape index (κ3) is 4.72. The van der Waals surface area contributed by atoms with Crippen LogP contribution in [0.25, 0.3) is 0 Å². The summed E-state index contributed by atoms with van der Waals surface area (Å²) in [5.74, 6) is -1.35. The number of benzene rings is 3. The molecular formula is C31H28ClNO4. The number of carboxylic acid groups (broad SMARTS) is 1. The van der Waals surface area contributed by atoms with Crippen LogP contribution in [-0.4, -0.2) is 22.8 Å². The van der Waals surface area contributed by atoms with Crippen LogP contribution in [-0.2, 0) is 9.59 Å². The van der Waals surface area contributed by atoms with Gasteiger partial charge in [0.25, 0.3) is 0 Å². The quantitative estimate of drug-likeness (QED) is 0.395. The third-order valence-electron chi connectivity index (χ3n) is 7.44. The number of halogens is 1. The predicted molar refractivity (Wildman–Crippen MR) is 144 cm³/mol. The maximum Gasteiger partial charge on any atom is 0.337 e. The summed E-state index contributed by atoms with van der Waals surface area (Å²) in [5.41, 5.74) is 4.81. The first kappa shape index (κ1) is 25.0. The first-order valence-electron chi connectivity index (χ1n) is 12.5. The van der Waals surface area contributed by atoms with Crippen LogP contribution in [0.3, 0.4) is 0 Å². The number of Topliss-reactive ketones (excluding diaryl/α,β-unsaturated/α-hetero) is 1. The summed E-state index contributed by atoms with van der Waals surface area (Å²) in [6, 6.07) is 22.6. The number of ketones is 1. The number of amides is 1. The van der Waals surface area contributed by atoms with Crippen molar-refractivity contribution in [3.63, 3.8) is 0 Å². The zero-order valence-electron chi connectivity index (χ0n) is 20.8. The van der Waals surface area contributed by atoms with E-state index in [-0.39, 0.29) is 40.5 Å². The van der Waals surface area contributed by atoms with Crippen molar-refractivity contribution >= 4 is 34.9 Å². The van der Waals surface area contributed by atoms with Crippen molar-refractivity contribution in [2.24, 2.45) is 0 Å². The summed E-state index contributed by atoms with van der Waals surface area (Å²) in [5, 5.41) is 9.71. The van der Waals surface area contributed by atoms with E-state index in [0.29, 0.717) is 35.7 Å². The molecule has 1 aliphatic carbocycles. The molecule has 2 aliphatic rings. The Morgan fingerprint density at radius 1 is 0.919 bits per heavy atom. The van der Waals surface area contributed by atoms with Gasteiger partial charge in [0.15, 0.2) is 5.78 Å². The number of nitrogens with zero attached hydrogens (tertiary/aromatic N) is 1. The number of rotatable bonds is 5. The SMILES string of the molecule is CC(C)c1ccc(C2CC(=O)N(c3ccc(Cl)c(C(=O)O)c3)C3=C2C(=O)CC(c2ccccc2)C3)cc1. The molecule has 0 saturated heterocycles. The van der Waals surface area contributed by atoms with Crippen LogP contribution in [0, 0.1) is 0 Å². The lowest BCUT2D eigenvalue weighted by Gasteiger charge is -2.40. The Labute approximate surface area is 221 Å². The third-order valence-corrected chi connectivity index (χ3v) is 7.77. The standard InChI is InChI=1S/C31H28ClNO4/c1-18(2)19-8-10-21(11-9-19)24-17-29(35)33(23-12-13-26(32)25(16-23)31(36)37)27-14-22(15-28(34)30(24)27)20-6-4-3-5-7-20/h3-13,16,18,22,24H,14-15,17H2,1-2H3,(H,36,37). The molecule has 1 N–H and O–H groups in total. The largest absolute Gasteiger partial charge is 0.478 e. The second-order valence-electron chi connectivity index (χ2n) is 10.1. The minimum Gasteiger partial charge on any atom is -0.478 e. The fraction of sp³-hybridized carbons (Fsp3) is 0.258. The molecule has 188 valence electrons. The Balaban J connectivity index is 1.65. The van der Waals surface area contributed by atoms with E-state index < -0.39 is 5.97 Å². The molecule has 5 rings (SSSR count). The van der Waals surface area contributed by atoms with E-state index in [2.05, 4.69) is 26.0 Å². The maximum atomic E-state index is 13.8. The van der Waals surface area contributed by atoms with Crippen LogP contribution in [0.5, 0.6) is 0 Å². The Bertz CT molecular complexity index is 1410. The average molecular weight is 514 g/mol. The zero-order chi connectivity index (χ0) is 26.3. The van der Waals surface area contributed by atoms with Gasteiger partial charge in [0.05, 0.1) is 10.6 Å². The highest BCUT2D eigenvalue weighted by Gasteiger charge is 2.42. The van der Waals surface area contributed by atoms with Crippen LogP contribution in [0.15, 0.2) is 84.1 Å². The van der Waals surface area contributed by atoms with Gasteiger partial charge in [-0.2, -0.15) is 0 Å². The monoisotopic (exact) mass is 513 g/mol. The topological polar surface area (TPSA) is 74.7 Å². The molecular weight excluding hydrogens is 486 g/mol. The van der Waals surface area contributed by atoms with Crippen molar-refractivity contribution in [1.82, 2.24) is 0 Å². The molecule has 0 bridgehead atoms. The van der Waals surface area contributed by atoms with Gasteiger partial charge in [0.2, 0.25) is 5.91 Å². The van der Waals surface area contributed by atoms with Crippen LogP contribution >= 0.6 is 11.6 Å². The fourth-order valence-corrected chi connectivity index (χ4v) is 5.71. The van der Waals surface area contributed by atoms with Gasteiger partial charge in [-0.15, -0.1) is 0 Å². The number of aromatic carboxylic acids is 1. The second-order valence-corrected chi connectivity index (χ2v) is 10.5. The van der Waals surface area contributed by atoms with E-state index in [9.17, 15) is 19.5 Å². The summed E-state index contributed by atoms with van der Waals surface area (Å²) in [6.07, 6.45) is 1.00. The van der Waals surface area contributed by atoms with E-state index in [0.717, 1.165) is 11.1 Å². The Morgan fingerprint density at radius 2 is 1.62 bits per heavy atom. The van der Waals surface area contributed by atoms with Crippen molar-refractivity contribution in [3.05, 3.63) is 111 Å². The molecule has 37 heavy (non-hydrogen) atoms. The van der Waals surface area contributed by atoms with Crippen LogP contribution in [0.1, 0.15) is 77.9 Å². The molecule has 0 spiro atoms. The molecule has 0 radical (unpaired) electrons. The summed E-state index contributed by atoms with van der Waals surface area (Å²) < 4.78 is 0. The number of carbonyl (C=O) groups is 3. The zero-order valence-corrected chi connectivity index (χ0v) is 21.5. The Kier molecular flexibility index (Phi) is 6.74. The van der Waals surface area contributed by atoms with Crippen molar-refractivity contribution in [2.45, 2.75) is 50.9 Å². The smallest absolute Gasteiger partial charge is 0.337 e. The number of carbonyl (C=O) groups excluding carboxylic acids is 2. The highest BCUT2D eigenvalue weighted by atomic mass is 35.5. The van der Waals surface area contributed by atoms with E-state index in [1.165, 1.54) is 17.7 Å². The van der Waals surface area contributed by atoms with Gasteiger partial charge < -0.3 is 5.11 Å². The van der Waals surface area contributed by atoms with Gasteiger partial charge in [0, 0.05) is 35.7 Å². The Morgan fingerprint density at radius 3 is 2.27 bits per heavy atom. The summed E-state index contributed by atoms with van der Waals surface area (Å²) in [6.45, 7) is 4.26. The normalized spacial score (nSPS) is 19.8. The van der Waals surface area contributed by atoms with Crippen molar-refractivity contribution in [3.8, 4) is 0 Å². The predicted octanol–water partition coefficient (Wildman–Crippen LogP) is 7.08. The molecule has 3 aromatic carbocycles. The van der Waals surface area contributed by atoms with Crippen molar-refractivity contribution < 1.29 is 19.5 Å². The maximum absolute atomic E-state index is 13.8. The molecule has 0 fully saturated rings. The number of carboxylic acids is 1. The van der Waals surface area contributed by atoms with E-state index in [4.69, 9.17) is 11.6 Å². The molecule has 6 heteroatoms. The summed E-state index contributed by atoms with van der Waals surface area (Å²) in [4.78, 5) is 40.8. The number of anilines is 1. The molecule has 1 aliphatic heterocycles. The van der Waals surface area contributed by atoms with Gasteiger partial charge in [-0.3, -0.25) is 14.5 Å².